The van der Waals surface area contributed by atoms with Crippen LogP contribution in [0.25, 0.3) is 0 Å². The van der Waals surface area contributed by atoms with Gasteiger partial charge >= 0.3 is 0 Å². The average Bonchev–Trinajstić information content (AvgIpc) is 2.44. The first-order chi connectivity index (χ1) is 9.65. The summed E-state index contributed by atoms with van der Waals surface area (Å²) in [6.07, 6.45) is 1.37. The molecule has 0 aliphatic heterocycles. The highest BCUT2D eigenvalue weighted by Crippen LogP contribution is 2.11. The van der Waals surface area contributed by atoms with Crippen molar-refractivity contribution in [2.45, 2.75) is 6.61 Å². The summed E-state index contributed by atoms with van der Waals surface area (Å²) >= 11 is 0. The molecule has 5 nitrogen and oxygen atoms in total. The van der Waals surface area contributed by atoms with Gasteiger partial charge in [-0.1, -0.05) is 29.4 Å². The lowest BCUT2D eigenvalue weighted by molar-refractivity contribution is -0.384. The van der Waals surface area contributed by atoms with Gasteiger partial charge in [0.15, 0.2) is 0 Å². The maximum atomic E-state index is 12.9. The van der Waals surface area contributed by atoms with Gasteiger partial charge in [0.25, 0.3) is 5.69 Å². The normalized spacial score (nSPS) is 10.7. The topological polar surface area (TPSA) is 64.7 Å². The van der Waals surface area contributed by atoms with Gasteiger partial charge in [-0.2, -0.15) is 0 Å². The van der Waals surface area contributed by atoms with Gasteiger partial charge in [0.05, 0.1) is 11.1 Å². The van der Waals surface area contributed by atoms with Gasteiger partial charge in [-0.25, -0.2) is 4.39 Å². The molecule has 0 atom stereocenters. The van der Waals surface area contributed by atoms with Crippen LogP contribution in [0, 0.1) is 15.9 Å². The zero-order valence-electron chi connectivity index (χ0n) is 10.4. The molecular formula is C14H11FN2O3. The Labute approximate surface area is 114 Å². The molecule has 0 fully saturated rings. The molecule has 0 heterocycles. The number of hydrogen-bond acceptors (Lipinski definition) is 4. The van der Waals surface area contributed by atoms with E-state index in [4.69, 9.17) is 4.84 Å². The minimum absolute atomic E-state index is 0.0147. The minimum atomic E-state index is -0.481. The fraction of sp³-hybridized carbons (Fsp3) is 0.0714. The molecule has 2 aromatic rings. The zero-order chi connectivity index (χ0) is 14.4. The van der Waals surface area contributed by atoms with Crippen LogP contribution < -0.4 is 0 Å². The molecule has 0 bridgehead atoms. The second-order valence-electron chi connectivity index (χ2n) is 3.99. The highest BCUT2D eigenvalue weighted by atomic mass is 19.1. The molecule has 20 heavy (non-hydrogen) atoms. The van der Waals surface area contributed by atoms with Crippen LogP contribution in [0.3, 0.4) is 0 Å². The third-order valence-corrected chi connectivity index (χ3v) is 2.48. The van der Waals surface area contributed by atoms with E-state index in [0.717, 1.165) is 0 Å². The predicted octanol–water partition coefficient (Wildman–Crippen LogP) is 3.28. The number of rotatable bonds is 5. The molecule has 0 aromatic heterocycles. The summed E-state index contributed by atoms with van der Waals surface area (Å²) in [5, 5.41) is 14.3. The molecule has 0 unspecified atom stereocenters. The quantitative estimate of drug-likeness (QED) is 0.477. The fourth-order valence-electron chi connectivity index (χ4n) is 1.56. The smallest absolute Gasteiger partial charge is 0.270 e. The van der Waals surface area contributed by atoms with Crippen molar-refractivity contribution < 1.29 is 14.2 Å². The van der Waals surface area contributed by atoms with Crippen molar-refractivity contribution in [1.82, 2.24) is 0 Å². The van der Waals surface area contributed by atoms with Crippen molar-refractivity contribution in [3.05, 3.63) is 75.6 Å². The fourth-order valence-corrected chi connectivity index (χ4v) is 1.56. The molecule has 0 saturated heterocycles. The van der Waals surface area contributed by atoms with Crippen molar-refractivity contribution in [1.29, 1.82) is 0 Å². The van der Waals surface area contributed by atoms with Crippen LogP contribution >= 0.6 is 0 Å². The second-order valence-corrected chi connectivity index (χ2v) is 3.99. The Morgan fingerprint density at radius 1 is 1.25 bits per heavy atom. The van der Waals surface area contributed by atoms with E-state index in [0.29, 0.717) is 11.1 Å². The Morgan fingerprint density at radius 3 is 2.80 bits per heavy atom. The number of oxime groups is 1. The monoisotopic (exact) mass is 274 g/mol. The molecule has 0 aliphatic carbocycles. The minimum Gasteiger partial charge on any atom is -0.391 e. The number of nitro benzene ring substituents is 1. The zero-order valence-corrected chi connectivity index (χ0v) is 10.4. The van der Waals surface area contributed by atoms with E-state index in [1.807, 2.05) is 0 Å². The number of nitrogens with zero attached hydrogens (tertiary/aromatic N) is 2. The molecule has 0 spiro atoms. The first kappa shape index (κ1) is 13.7. The van der Waals surface area contributed by atoms with Gasteiger partial charge in [-0.3, -0.25) is 10.1 Å². The Balaban J connectivity index is 1.93. The molecule has 102 valence electrons. The third kappa shape index (κ3) is 3.88. The van der Waals surface area contributed by atoms with Gasteiger partial charge in [-0.15, -0.1) is 0 Å². The van der Waals surface area contributed by atoms with Crippen LogP contribution in [-0.2, 0) is 11.4 Å². The second kappa shape index (κ2) is 6.42. The van der Waals surface area contributed by atoms with Crippen molar-refractivity contribution >= 4 is 11.9 Å². The SMILES string of the molecule is O=[N+]([O-])c1cccc(C=NOCc2cccc(F)c2)c1. The van der Waals surface area contributed by atoms with Gasteiger partial charge in [-0.05, 0) is 17.7 Å². The Kier molecular flexibility index (Phi) is 4.39. The van der Waals surface area contributed by atoms with Gasteiger partial charge < -0.3 is 4.84 Å². The van der Waals surface area contributed by atoms with Crippen LogP contribution in [0.2, 0.25) is 0 Å². The molecule has 0 radical (unpaired) electrons. The van der Waals surface area contributed by atoms with Crippen molar-refractivity contribution in [2.24, 2.45) is 5.16 Å². The lowest BCUT2D eigenvalue weighted by Crippen LogP contribution is -1.91. The van der Waals surface area contributed by atoms with Gasteiger partial charge in [0, 0.05) is 17.7 Å². The average molecular weight is 274 g/mol. The Bertz CT molecular complexity index is 644. The molecule has 2 aromatic carbocycles. The van der Waals surface area contributed by atoms with Crippen LogP contribution in [0.5, 0.6) is 0 Å². The molecule has 2 rings (SSSR count). The standard InChI is InChI=1S/C14H11FN2O3/c15-13-5-1-4-12(7-13)10-20-16-9-11-3-2-6-14(8-11)17(18)19/h1-9H,10H2. The van der Waals surface area contributed by atoms with Crippen LogP contribution in [0.15, 0.2) is 53.7 Å². The Hall–Kier alpha value is -2.76. The van der Waals surface area contributed by atoms with E-state index < -0.39 is 4.92 Å². The summed E-state index contributed by atoms with van der Waals surface area (Å²) in [7, 11) is 0. The van der Waals surface area contributed by atoms with E-state index >= 15 is 0 Å². The maximum Gasteiger partial charge on any atom is 0.270 e. The summed E-state index contributed by atoms with van der Waals surface area (Å²) in [6.45, 7) is 0.128. The lowest BCUT2D eigenvalue weighted by Gasteiger charge is -1.99. The van der Waals surface area contributed by atoms with E-state index in [1.165, 1.54) is 30.5 Å². The van der Waals surface area contributed by atoms with Crippen LogP contribution in [-0.4, -0.2) is 11.1 Å². The largest absolute Gasteiger partial charge is 0.391 e. The summed E-state index contributed by atoms with van der Waals surface area (Å²) in [5.41, 5.74) is 1.19. The van der Waals surface area contributed by atoms with Crippen molar-refractivity contribution in [3.8, 4) is 0 Å². The van der Waals surface area contributed by atoms with E-state index in [2.05, 4.69) is 5.16 Å². The summed E-state index contributed by atoms with van der Waals surface area (Å²) in [6, 6.07) is 12.0. The number of non-ortho nitro benzene ring substituents is 1. The van der Waals surface area contributed by atoms with Gasteiger partial charge in [0.2, 0.25) is 0 Å². The Morgan fingerprint density at radius 2 is 2.05 bits per heavy atom. The first-order valence-electron chi connectivity index (χ1n) is 5.79. The molecule has 0 amide bonds. The first-order valence-corrected chi connectivity index (χ1v) is 5.79. The third-order valence-electron chi connectivity index (χ3n) is 2.48. The molecule has 0 N–H and O–H groups in total. The highest BCUT2D eigenvalue weighted by Gasteiger charge is 2.03. The highest BCUT2D eigenvalue weighted by molar-refractivity contribution is 5.80. The molecule has 0 saturated carbocycles. The van der Waals surface area contributed by atoms with Crippen LogP contribution in [0.1, 0.15) is 11.1 Å². The van der Waals surface area contributed by atoms with E-state index in [-0.39, 0.29) is 18.1 Å². The number of benzene rings is 2. The molecular weight excluding hydrogens is 263 g/mol. The summed E-state index contributed by atoms with van der Waals surface area (Å²) < 4.78 is 12.9. The summed E-state index contributed by atoms with van der Waals surface area (Å²) in [5.74, 6) is -0.339. The van der Waals surface area contributed by atoms with E-state index in [9.17, 15) is 14.5 Å². The van der Waals surface area contributed by atoms with Crippen LogP contribution in [0.4, 0.5) is 10.1 Å². The van der Waals surface area contributed by atoms with E-state index in [1.54, 1.807) is 24.3 Å². The molecule has 6 heteroatoms. The summed E-state index contributed by atoms with van der Waals surface area (Å²) in [4.78, 5) is 15.1. The van der Waals surface area contributed by atoms with Gasteiger partial charge in [0.1, 0.15) is 12.4 Å². The van der Waals surface area contributed by atoms with Crippen molar-refractivity contribution in [2.75, 3.05) is 0 Å². The van der Waals surface area contributed by atoms with Crippen molar-refractivity contribution in [3.63, 3.8) is 0 Å². The predicted molar refractivity (Wildman–Crippen MR) is 71.9 cm³/mol. The molecule has 0 aliphatic rings. The number of hydrogen-bond donors (Lipinski definition) is 0. The number of halogens is 1. The number of nitro groups is 1. The maximum absolute atomic E-state index is 12.9. The lowest BCUT2D eigenvalue weighted by atomic mass is 10.2.